The topological polar surface area (TPSA) is 310 Å². The summed E-state index contributed by atoms with van der Waals surface area (Å²) in [4.78, 5) is 151. The molecule has 2 radical (unpaired) electrons. The number of hydrogen-bond donors (Lipinski definition) is 0. The number of imide groups is 4. The third kappa shape index (κ3) is 13.4. The molecule has 0 saturated carbocycles. The largest absolute Gasteiger partial charge is 2.00 e. The van der Waals surface area contributed by atoms with Gasteiger partial charge in [0.25, 0.3) is 47.3 Å². The van der Waals surface area contributed by atoms with Crippen LogP contribution in [-0.2, 0) is 58.1 Å². The second-order valence-electron chi connectivity index (χ2n) is 27.3. The van der Waals surface area contributed by atoms with Gasteiger partial charge in [0, 0.05) is 0 Å². The SMILES string of the molecule is CC(C)(C)[C@@H](C(=O)[O-])N1C(=O)c2cc3ccccc3cc2C1=O.CC(C)(C)[C@@H](C(=O)[O-])N1C(=O)c2cc3ccccc3cc2C1=O.CC(C)(C)[C@@H](C(=O)[O-])N1C(=O)c2cc3ccccc3cc2C1=O.CC(C)(C)[C@@H](C(=O)[O-])N1C(=O)c2cc3ccccc3cc2C1=O.[Rh+2].[Rh+2]. The molecule has 12 rings (SSSR count). The number of benzene rings is 8. The zero-order valence-electron chi connectivity index (χ0n) is 53.2. The van der Waals surface area contributed by atoms with Gasteiger partial charge >= 0.3 is 39.0 Å². The summed E-state index contributed by atoms with van der Waals surface area (Å²) >= 11 is 0. The van der Waals surface area contributed by atoms with Crippen molar-refractivity contribution in [2.24, 2.45) is 21.7 Å². The number of nitrogens with zero attached hydrogens (tertiary/aromatic N) is 4. The molecule has 4 aliphatic heterocycles. The molecule has 4 atom stereocenters. The molecule has 8 aromatic carbocycles. The fourth-order valence-electron chi connectivity index (χ4n) is 12.1. The summed E-state index contributed by atoms with van der Waals surface area (Å²) in [5.74, 6) is -10.4. The van der Waals surface area contributed by atoms with Crippen molar-refractivity contribution < 1.29 is 117 Å². The number of amides is 8. The minimum Gasteiger partial charge on any atom is -0.548 e. The smallest absolute Gasteiger partial charge is 0.548 e. The average molecular weight is 1450 g/mol. The molecule has 8 aromatic rings. The van der Waals surface area contributed by atoms with E-state index in [1.165, 1.54) is 0 Å². The van der Waals surface area contributed by atoms with Gasteiger partial charge in [-0.3, -0.25) is 58.0 Å². The van der Waals surface area contributed by atoms with Crippen LogP contribution >= 0.6 is 0 Å². The number of fused-ring (bicyclic) bond motifs is 8. The minimum absolute atomic E-state index is 0. The van der Waals surface area contributed by atoms with Gasteiger partial charge in [-0.15, -0.1) is 0 Å². The molecule has 0 bridgehead atoms. The van der Waals surface area contributed by atoms with Crippen LogP contribution in [0.25, 0.3) is 43.1 Å². The van der Waals surface area contributed by atoms with E-state index in [9.17, 15) is 78.0 Å². The Kier molecular flexibility index (Phi) is 20.3. The van der Waals surface area contributed by atoms with Gasteiger partial charge in [0.05, 0.1) is 92.6 Å². The van der Waals surface area contributed by atoms with Crippen molar-refractivity contribution >= 4 is 114 Å². The molecule has 8 amide bonds. The zero-order valence-corrected chi connectivity index (χ0v) is 56.4. The summed E-state index contributed by atoms with van der Waals surface area (Å²) in [5, 5.41) is 52.8. The molecule has 0 spiro atoms. The van der Waals surface area contributed by atoms with Crippen LogP contribution < -0.4 is 20.4 Å². The number of carboxylic acids is 4. The fraction of sp³-hybridized carbons (Fsp3) is 0.278. The third-order valence-electron chi connectivity index (χ3n) is 16.3. The quantitative estimate of drug-likeness (QED) is 0.117. The molecule has 0 fully saturated rings. The van der Waals surface area contributed by atoms with E-state index in [0.717, 1.165) is 62.7 Å². The predicted molar refractivity (Wildman–Crippen MR) is 331 cm³/mol. The van der Waals surface area contributed by atoms with Crippen molar-refractivity contribution in [3.05, 3.63) is 190 Å². The monoisotopic (exact) mass is 1450 g/mol. The molecule has 20 nitrogen and oxygen atoms in total. The number of carboxylic acid groups (broad SMARTS) is 4. The van der Waals surface area contributed by atoms with Gasteiger partial charge in [-0.1, -0.05) is 180 Å². The van der Waals surface area contributed by atoms with E-state index in [1.54, 1.807) is 132 Å². The standard InChI is InChI=1S/4C18H17NO4.2Rh/c4*1-18(2,3)14(17(22)23)19-15(20)12-8-10-6-4-5-7-11(10)9-13(12)16(19)21;;/h4*4-9,14H,1-3H3,(H,22,23);;/q;;;;2*+2/p-4/t4*14-;;/m1111../s1. The first-order valence-corrected chi connectivity index (χ1v) is 29.3. The van der Waals surface area contributed by atoms with Gasteiger partial charge in [-0.05, 0) is 113 Å². The fourth-order valence-corrected chi connectivity index (χ4v) is 12.1. The molecule has 0 saturated heterocycles. The molecular weight excluding hydrogens is 1380 g/mol. The second-order valence-corrected chi connectivity index (χ2v) is 27.3. The molecular formula is C72H64N4O16Rh2. The summed E-state index contributed by atoms with van der Waals surface area (Å²) in [7, 11) is 0. The van der Waals surface area contributed by atoms with Crippen molar-refractivity contribution in [3.63, 3.8) is 0 Å². The van der Waals surface area contributed by atoms with Crippen molar-refractivity contribution in [2.75, 3.05) is 0 Å². The Morgan fingerprint density at radius 3 is 0.447 bits per heavy atom. The van der Waals surface area contributed by atoms with Gasteiger partial charge in [0.2, 0.25) is 0 Å². The number of rotatable bonds is 8. The molecule has 94 heavy (non-hydrogen) atoms. The Balaban J connectivity index is 0.000000176. The Labute approximate surface area is 566 Å². The number of carbonyl (C=O) groups excluding carboxylic acids is 12. The van der Waals surface area contributed by atoms with Crippen LogP contribution in [0.2, 0.25) is 0 Å². The van der Waals surface area contributed by atoms with Gasteiger partial charge in [-0.25, -0.2) is 0 Å². The molecule has 0 aliphatic carbocycles. The van der Waals surface area contributed by atoms with Crippen molar-refractivity contribution in [1.29, 1.82) is 0 Å². The molecule has 4 heterocycles. The second kappa shape index (κ2) is 26.5. The Bertz CT molecular complexity index is 3760. The Morgan fingerprint density at radius 1 is 0.255 bits per heavy atom. The van der Waals surface area contributed by atoms with E-state index < -0.39 is 117 Å². The van der Waals surface area contributed by atoms with Crippen molar-refractivity contribution in [1.82, 2.24) is 19.6 Å². The van der Waals surface area contributed by atoms with Gasteiger partial charge in [-0.2, -0.15) is 0 Å². The molecule has 0 unspecified atom stereocenters. The van der Waals surface area contributed by atoms with E-state index >= 15 is 0 Å². The average Bonchev–Trinajstić information content (AvgIpc) is 1.62. The van der Waals surface area contributed by atoms with Gasteiger partial charge in [0.1, 0.15) is 0 Å². The summed E-state index contributed by atoms with van der Waals surface area (Å²) in [6.07, 6.45) is 0. The molecule has 0 N–H and O–H groups in total. The van der Waals surface area contributed by atoms with Crippen molar-refractivity contribution in [3.8, 4) is 0 Å². The predicted octanol–water partition coefficient (Wildman–Crippen LogP) is 6.40. The number of aliphatic carboxylic acids is 4. The van der Waals surface area contributed by atoms with Crippen LogP contribution in [-0.4, -0.2) is 115 Å². The maximum atomic E-state index is 12.7. The number of carbonyl (C=O) groups is 12. The van der Waals surface area contributed by atoms with E-state index in [1.807, 2.05) is 97.1 Å². The van der Waals surface area contributed by atoms with Crippen LogP contribution in [0.5, 0.6) is 0 Å². The van der Waals surface area contributed by atoms with Crippen LogP contribution in [0.3, 0.4) is 0 Å². The molecule has 486 valence electrons. The van der Waals surface area contributed by atoms with E-state index in [0.29, 0.717) is 0 Å². The van der Waals surface area contributed by atoms with Crippen LogP contribution in [0.15, 0.2) is 146 Å². The van der Waals surface area contributed by atoms with Crippen LogP contribution in [0, 0.1) is 21.7 Å². The minimum atomic E-state index is -1.43. The molecule has 0 aromatic heterocycles. The maximum Gasteiger partial charge on any atom is 2.00 e. The first-order chi connectivity index (χ1) is 42.9. The maximum absolute atomic E-state index is 12.7. The summed E-state index contributed by atoms with van der Waals surface area (Å²) in [6.45, 7) is 19.9. The first kappa shape index (κ1) is 71.9. The summed E-state index contributed by atoms with van der Waals surface area (Å²) < 4.78 is 0. The Morgan fingerprint density at radius 2 is 0.362 bits per heavy atom. The van der Waals surface area contributed by atoms with E-state index in [-0.39, 0.29) is 83.5 Å². The normalized spacial score (nSPS) is 15.5. The molecule has 4 aliphatic rings. The zero-order chi connectivity index (χ0) is 67.8. The van der Waals surface area contributed by atoms with Crippen molar-refractivity contribution in [2.45, 2.75) is 107 Å². The summed E-state index contributed by atoms with van der Waals surface area (Å²) in [6, 6.07) is 37.3. The Hall–Kier alpha value is -9.51. The summed E-state index contributed by atoms with van der Waals surface area (Å²) in [5.41, 5.74) is -1.39. The van der Waals surface area contributed by atoms with Gasteiger partial charge in [0.15, 0.2) is 0 Å². The van der Waals surface area contributed by atoms with Crippen LogP contribution in [0.4, 0.5) is 0 Å². The van der Waals surface area contributed by atoms with E-state index in [2.05, 4.69) is 0 Å². The molecule has 22 heteroatoms. The van der Waals surface area contributed by atoms with Crippen LogP contribution in [0.1, 0.15) is 166 Å². The van der Waals surface area contributed by atoms with Gasteiger partial charge < -0.3 is 39.6 Å². The number of hydrogen-bond acceptors (Lipinski definition) is 16. The third-order valence-corrected chi connectivity index (χ3v) is 16.3. The van der Waals surface area contributed by atoms with E-state index in [4.69, 9.17) is 0 Å². The first-order valence-electron chi connectivity index (χ1n) is 29.3.